The molecule has 0 saturated carbocycles. The van der Waals surface area contributed by atoms with Gasteiger partial charge in [0.2, 0.25) is 0 Å². The minimum Gasteiger partial charge on any atom is -0.395 e. The lowest BCUT2D eigenvalue weighted by Crippen LogP contribution is -2.47. The van der Waals surface area contributed by atoms with Gasteiger partial charge < -0.3 is 21.1 Å². The van der Waals surface area contributed by atoms with Gasteiger partial charge in [0.1, 0.15) is 12.0 Å². The van der Waals surface area contributed by atoms with Crippen LogP contribution < -0.4 is 16.0 Å². The number of nitrogen functional groups attached to an aromatic ring is 1. The third-order valence-electron chi connectivity index (χ3n) is 3.99. The average Bonchev–Trinajstić information content (AvgIpc) is 2.59. The molecule has 7 nitrogen and oxygen atoms in total. The first-order chi connectivity index (χ1) is 11.3. The number of hydrogen-bond acceptors (Lipinski definition) is 7. The quantitative estimate of drug-likeness (QED) is 0.756. The van der Waals surface area contributed by atoms with Gasteiger partial charge in [-0.2, -0.15) is 0 Å². The number of aliphatic hydroxyl groups excluding tert-OH is 1. The third-order valence-corrected chi connectivity index (χ3v) is 3.99. The Bertz CT molecular complexity index is 628. The molecular formula is C16H22N6O. The summed E-state index contributed by atoms with van der Waals surface area (Å²) in [5.74, 6) is 1.39. The number of aliphatic hydroxyl groups is 1. The average molecular weight is 314 g/mol. The minimum absolute atomic E-state index is 0.195. The summed E-state index contributed by atoms with van der Waals surface area (Å²) in [4.78, 5) is 13.0. The Morgan fingerprint density at radius 3 is 2.52 bits per heavy atom. The van der Waals surface area contributed by atoms with Gasteiger partial charge in [0, 0.05) is 38.4 Å². The topological polar surface area (TPSA) is 90.5 Å². The summed E-state index contributed by atoms with van der Waals surface area (Å²) in [6.45, 7) is 4.38. The van der Waals surface area contributed by atoms with Crippen molar-refractivity contribution in [2.24, 2.45) is 0 Å². The van der Waals surface area contributed by atoms with Crippen LogP contribution in [0.25, 0.3) is 0 Å². The number of nitrogens with two attached hydrogens (primary N) is 1. The highest BCUT2D eigenvalue weighted by Gasteiger charge is 2.20. The first kappa shape index (κ1) is 15.5. The Labute approximate surface area is 135 Å². The van der Waals surface area contributed by atoms with Gasteiger partial charge in [-0.15, -0.1) is 0 Å². The maximum absolute atomic E-state index is 9.02. The number of hydrogen-bond donors (Lipinski definition) is 3. The largest absolute Gasteiger partial charge is 0.395 e. The molecule has 23 heavy (non-hydrogen) atoms. The maximum atomic E-state index is 9.02. The van der Waals surface area contributed by atoms with E-state index in [-0.39, 0.29) is 6.61 Å². The summed E-state index contributed by atoms with van der Waals surface area (Å²) in [7, 11) is 0. The van der Waals surface area contributed by atoms with E-state index in [0.717, 1.165) is 37.7 Å². The predicted octanol–water partition coefficient (Wildman–Crippen LogP) is 0.917. The Morgan fingerprint density at radius 1 is 1.09 bits per heavy atom. The standard InChI is InChI=1S/C16H22N6O/c17-14-15(20-13-4-2-1-3-5-13)18-12-19-16(14)22-8-6-21(7-9-22)10-11-23/h1-5,12,23H,6-11,17H2,(H,18,19,20). The normalized spacial score (nSPS) is 15.6. The number of piperazine rings is 1. The molecule has 0 aliphatic carbocycles. The van der Waals surface area contributed by atoms with Crippen molar-refractivity contribution in [1.29, 1.82) is 0 Å². The van der Waals surface area contributed by atoms with Crippen LogP contribution in [0.1, 0.15) is 0 Å². The van der Waals surface area contributed by atoms with Crippen LogP contribution >= 0.6 is 0 Å². The van der Waals surface area contributed by atoms with E-state index in [9.17, 15) is 0 Å². The van der Waals surface area contributed by atoms with E-state index in [2.05, 4.69) is 25.1 Å². The van der Waals surface area contributed by atoms with Gasteiger partial charge >= 0.3 is 0 Å². The molecule has 0 bridgehead atoms. The summed E-state index contributed by atoms with van der Waals surface area (Å²) in [5.41, 5.74) is 7.78. The van der Waals surface area contributed by atoms with Crippen molar-refractivity contribution in [2.75, 3.05) is 55.3 Å². The summed E-state index contributed by atoms with van der Waals surface area (Å²) in [6, 6.07) is 9.82. The second-order valence-corrected chi connectivity index (χ2v) is 5.50. The molecular weight excluding hydrogens is 292 g/mol. The molecule has 1 saturated heterocycles. The molecule has 0 unspecified atom stereocenters. The Balaban J connectivity index is 1.73. The lowest BCUT2D eigenvalue weighted by atomic mass is 10.3. The molecule has 1 aromatic carbocycles. The second-order valence-electron chi connectivity index (χ2n) is 5.50. The lowest BCUT2D eigenvalue weighted by Gasteiger charge is -2.35. The molecule has 0 amide bonds. The highest BCUT2D eigenvalue weighted by molar-refractivity contribution is 5.78. The zero-order valence-electron chi connectivity index (χ0n) is 13.0. The van der Waals surface area contributed by atoms with Crippen LogP contribution in [0.5, 0.6) is 0 Å². The van der Waals surface area contributed by atoms with Crippen LogP contribution in [-0.2, 0) is 0 Å². The molecule has 2 heterocycles. The fraction of sp³-hybridized carbons (Fsp3) is 0.375. The summed E-state index contributed by atoms with van der Waals surface area (Å²) < 4.78 is 0. The monoisotopic (exact) mass is 314 g/mol. The fourth-order valence-electron chi connectivity index (χ4n) is 2.72. The minimum atomic E-state index is 0.195. The molecule has 2 aromatic rings. The Morgan fingerprint density at radius 2 is 1.83 bits per heavy atom. The molecule has 7 heteroatoms. The number of anilines is 4. The van der Waals surface area contributed by atoms with Gasteiger partial charge in [-0.1, -0.05) is 18.2 Å². The first-order valence-electron chi connectivity index (χ1n) is 7.78. The maximum Gasteiger partial charge on any atom is 0.159 e. The number of rotatable bonds is 5. The van der Waals surface area contributed by atoms with E-state index in [1.165, 1.54) is 6.33 Å². The highest BCUT2D eigenvalue weighted by Crippen LogP contribution is 2.28. The van der Waals surface area contributed by atoms with Crippen molar-refractivity contribution in [3.8, 4) is 0 Å². The van der Waals surface area contributed by atoms with Crippen molar-refractivity contribution in [3.05, 3.63) is 36.7 Å². The van der Waals surface area contributed by atoms with Crippen molar-refractivity contribution in [3.63, 3.8) is 0 Å². The SMILES string of the molecule is Nc1c(Nc2ccccc2)ncnc1N1CCN(CCO)CC1. The molecule has 0 atom stereocenters. The summed E-state index contributed by atoms with van der Waals surface area (Å²) >= 11 is 0. The van der Waals surface area contributed by atoms with E-state index >= 15 is 0 Å². The lowest BCUT2D eigenvalue weighted by molar-refractivity contribution is 0.188. The fourth-order valence-corrected chi connectivity index (χ4v) is 2.72. The molecule has 1 fully saturated rings. The van der Waals surface area contributed by atoms with Crippen LogP contribution in [0, 0.1) is 0 Å². The van der Waals surface area contributed by atoms with Crippen molar-refractivity contribution < 1.29 is 5.11 Å². The smallest absolute Gasteiger partial charge is 0.159 e. The Kier molecular flexibility index (Phi) is 4.89. The van der Waals surface area contributed by atoms with Crippen molar-refractivity contribution in [1.82, 2.24) is 14.9 Å². The molecule has 0 spiro atoms. The zero-order valence-corrected chi connectivity index (χ0v) is 13.0. The van der Waals surface area contributed by atoms with Crippen LogP contribution in [0.2, 0.25) is 0 Å². The molecule has 1 aromatic heterocycles. The van der Waals surface area contributed by atoms with E-state index in [1.807, 2.05) is 30.3 Å². The highest BCUT2D eigenvalue weighted by atomic mass is 16.3. The van der Waals surface area contributed by atoms with Gasteiger partial charge in [-0.3, -0.25) is 4.90 Å². The molecule has 0 radical (unpaired) electrons. The van der Waals surface area contributed by atoms with Crippen LogP contribution in [0.4, 0.5) is 23.0 Å². The van der Waals surface area contributed by atoms with E-state index in [0.29, 0.717) is 18.1 Å². The van der Waals surface area contributed by atoms with Gasteiger partial charge in [-0.05, 0) is 12.1 Å². The van der Waals surface area contributed by atoms with E-state index in [1.54, 1.807) is 0 Å². The van der Waals surface area contributed by atoms with Crippen LogP contribution in [-0.4, -0.2) is 59.3 Å². The Hall–Kier alpha value is -2.38. The molecule has 122 valence electrons. The zero-order chi connectivity index (χ0) is 16.1. The van der Waals surface area contributed by atoms with Gasteiger partial charge in [-0.25, -0.2) is 9.97 Å². The first-order valence-corrected chi connectivity index (χ1v) is 7.78. The number of aromatic nitrogens is 2. The summed E-state index contributed by atoms with van der Waals surface area (Å²) in [5, 5.41) is 12.3. The number of nitrogens with zero attached hydrogens (tertiary/aromatic N) is 4. The molecule has 4 N–H and O–H groups in total. The van der Waals surface area contributed by atoms with Crippen LogP contribution in [0.15, 0.2) is 36.7 Å². The molecule has 1 aliphatic rings. The third kappa shape index (κ3) is 3.69. The second kappa shape index (κ2) is 7.26. The number of para-hydroxylation sites is 1. The van der Waals surface area contributed by atoms with Crippen molar-refractivity contribution in [2.45, 2.75) is 0 Å². The molecule has 1 aliphatic heterocycles. The van der Waals surface area contributed by atoms with E-state index in [4.69, 9.17) is 10.8 Å². The van der Waals surface area contributed by atoms with Gasteiger partial charge in [0.15, 0.2) is 11.6 Å². The molecule has 3 rings (SSSR count). The van der Waals surface area contributed by atoms with E-state index < -0.39 is 0 Å². The van der Waals surface area contributed by atoms with Gasteiger partial charge in [0.05, 0.1) is 6.61 Å². The van der Waals surface area contributed by atoms with Gasteiger partial charge in [0.25, 0.3) is 0 Å². The number of benzene rings is 1. The van der Waals surface area contributed by atoms with Crippen molar-refractivity contribution >= 4 is 23.0 Å². The number of β-amino-alcohol motifs (C(OH)–C–C–N with tert-alkyl or cyclic N) is 1. The summed E-state index contributed by atoms with van der Waals surface area (Å²) in [6.07, 6.45) is 1.54. The van der Waals surface area contributed by atoms with Crippen LogP contribution in [0.3, 0.4) is 0 Å². The number of nitrogens with one attached hydrogen (secondary N) is 1. The predicted molar refractivity (Wildman–Crippen MR) is 91.9 cm³/mol.